The van der Waals surface area contributed by atoms with E-state index in [1.165, 1.54) is 0 Å². The van der Waals surface area contributed by atoms with Gasteiger partial charge in [-0.25, -0.2) is 4.98 Å². The summed E-state index contributed by atoms with van der Waals surface area (Å²) >= 11 is 7.65. The van der Waals surface area contributed by atoms with Crippen LogP contribution in [0.3, 0.4) is 0 Å². The molecule has 1 N–H and O–H groups in total. The second-order valence-corrected chi connectivity index (χ2v) is 10.8. The zero-order valence-electron chi connectivity index (χ0n) is 20.0. The minimum Gasteiger partial charge on any atom is -0.472 e. The van der Waals surface area contributed by atoms with Crippen molar-refractivity contribution in [2.24, 2.45) is 0 Å². The molecule has 0 spiro atoms. The highest BCUT2D eigenvalue weighted by Crippen LogP contribution is 2.28. The lowest BCUT2D eigenvalue weighted by Gasteiger charge is -2.43. The van der Waals surface area contributed by atoms with Crippen LogP contribution >= 0.6 is 22.9 Å². The summed E-state index contributed by atoms with van der Waals surface area (Å²) in [5.41, 5.74) is 2.78. The smallest absolute Gasteiger partial charge is 0.178 e. The summed E-state index contributed by atoms with van der Waals surface area (Å²) in [4.78, 5) is 9.15. The number of piperazine rings is 1. The van der Waals surface area contributed by atoms with Crippen LogP contribution in [0.1, 0.15) is 24.5 Å². The monoisotopic (exact) mass is 512 g/mol. The van der Waals surface area contributed by atoms with E-state index in [4.69, 9.17) is 20.9 Å². The minimum absolute atomic E-state index is 0.257. The maximum Gasteiger partial charge on any atom is 0.178 e. The summed E-state index contributed by atoms with van der Waals surface area (Å²) < 4.78 is 13.0. The second-order valence-electron chi connectivity index (χ2n) is 9.12. The molecule has 1 fully saturated rings. The van der Waals surface area contributed by atoms with Gasteiger partial charge >= 0.3 is 0 Å². The average Bonchev–Trinajstić information content (AvgIpc) is 3.44. The van der Waals surface area contributed by atoms with Crippen molar-refractivity contribution in [2.75, 3.05) is 19.6 Å². The predicted octanol–water partition coefficient (Wildman–Crippen LogP) is 5.21. The Bertz CT molecular complexity index is 1290. The van der Waals surface area contributed by atoms with Gasteiger partial charge in [0.25, 0.3) is 0 Å². The van der Waals surface area contributed by atoms with Gasteiger partial charge in [-0.1, -0.05) is 16.8 Å². The van der Waals surface area contributed by atoms with Crippen LogP contribution in [0.15, 0.2) is 53.1 Å². The number of thiazole rings is 1. The van der Waals surface area contributed by atoms with Gasteiger partial charge in [-0.15, -0.1) is 11.3 Å². The standard InChI is InChI=1S/C26H29ClN4O3S/c1-16-14-31(26(17(2)32)33-22-8-9-25-23(13-22)28-18(3)35-25)11-10-30(16)15-21-12-24(34-29-21)19-4-6-20(27)7-5-19/h4-9,12-13,16-17,26,32H,10-11,14-15H2,1-3H3/t16-,17+,26?/m0/s1. The fraction of sp³-hybridized carbons (Fsp3) is 0.385. The fourth-order valence-electron chi connectivity index (χ4n) is 4.55. The van der Waals surface area contributed by atoms with E-state index in [0.29, 0.717) is 11.6 Å². The summed E-state index contributed by atoms with van der Waals surface area (Å²) in [6.45, 7) is 9.06. The molecule has 0 saturated carbocycles. The number of rotatable bonds is 7. The molecule has 2 aromatic carbocycles. The molecule has 0 bridgehead atoms. The molecular weight excluding hydrogens is 484 g/mol. The lowest BCUT2D eigenvalue weighted by atomic mass is 10.1. The number of hydrogen-bond donors (Lipinski definition) is 1. The number of halogens is 1. The Balaban J connectivity index is 1.22. The van der Waals surface area contributed by atoms with E-state index in [0.717, 1.165) is 57.6 Å². The summed E-state index contributed by atoms with van der Waals surface area (Å²) in [5.74, 6) is 1.46. The molecule has 5 rings (SSSR count). The van der Waals surface area contributed by atoms with Gasteiger partial charge < -0.3 is 14.4 Å². The SMILES string of the molecule is Cc1nc2cc(OC([C@@H](C)O)N3CCN(Cc4cc(-c5ccc(Cl)cc5)on4)[C@@H](C)C3)ccc2s1. The zero-order chi connectivity index (χ0) is 24.5. The number of aromatic nitrogens is 2. The number of fused-ring (bicyclic) bond motifs is 1. The molecule has 4 aromatic rings. The first-order chi connectivity index (χ1) is 16.9. The molecule has 1 aliphatic rings. The highest BCUT2D eigenvalue weighted by atomic mass is 35.5. The molecule has 1 unspecified atom stereocenters. The first-order valence-electron chi connectivity index (χ1n) is 11.8. The summed E-state index contributed by atoms with van der Waals surface area (Å²) in [7, 11) is 0. The van der Waals surface area contributed by atoms with Crippen LogP contribution in [0.25, 0.3) is 21.5 Å². The highest BCUT2D eigenvalue weighted by molar-refractivity contribution is 7.18. The van der Waals surface area contributed by atoms with E-state index >= 15 is 0 Å². The second kappa shape index (κ2) is 10.2. The minimum atomic E-state index is -0.640. The Kier molecular flexibility index (Phi) is 7.09. The molecule has 2 aromatic heterocycles. The number of hydrogen-bond acceptors (Lipinski definition) is 8. The third-order valence-corrected chi connectivity index (χ3v) is 7.55. The number of aliphatic hydroxyl groups excluding tert-OH is 1. The quantitative estimate of drug-likeness (QED) is 0.364. The number of aliphatic hydroxyl groups is 1. The Hall–Kier alpha value is -2.49. The Morgan fingerprint density at radius 2 is 2.00 bits per heavy atom. The lowest BCUT2D eigenvalue weighted by Crippen LogP contribution is -2.58. The van der Waals surface area contributed by atoms with Gasteiger partial charge in [-0.05, 0) is 57.2 Å². The Labute approximate surface area is 213 Å². The van der Waals surface area contributed by atoms with Crippen molar-refractivity contribution in [1.29, 1.82) is 0 Å². The lowest BCUT2D eigenvalue weighted by molar-refractivity contribution is -0.0856. The van der Waals surface area contributed by atoms with Crippen molar-refractivity contribution in [3.8, 4) is 17.1 Å². The van der Waals surface area contributed by atoms with E-state index < -0.39 is 12.3 Å². The van der Waals surface area contributed by atoms with Crippen LogP contribution in [-0.4, -0.2) is 63.1 Å². The van der Waals surface area contributed by atoms with Crippen LogP contribution < -0.4 is 4.74 Å². The summed E-state index contributed by atoms with van der Waals surface area (Å²) in [6.07, 6.45) is -1.07. The molecule has 1 aliphatic heterocycles. The fourth-order valence-corrected chi connectivity index (χ4v) is 5.48. The molecular formula is C26H29ClN4O3S. The van der Waals surface area contributed by atoms with E-state index in [-0.39, 0.29) is 6.04 Å². The van der Waals surface area contributed by atoms with E-state index in [1.807, 2.05) is 55.5 Å². The molecule has 0 aliphatic carbocycles. The Morgan fingerprint density at radius 1 is 1.20 bits per heavy atom. The Morgan fingerprint density at radius 3 is 2.74 bits per heavy atom. The first kappa shape index (κ1) is 24.2. The van der Waals surface area contributed by atoms with Crippen LogP contribution in [-0.2, 0) is 6.54 Å². The van der Waals surface area contributed by atoms with Crippen molar-refractivity contribution in [3.63, 3.8) is 0 Å². The van der Waals surface area contributed by atoms with Crippen molar-refractivity contribution < 1.29 is 14.4 Å². The summed E-state index contributed by atoms with van der Waals surface area (Å²) in [6, 6.07) is 15.7. The topological polar surface area (TPSA) is 74.9 Å². The van der Waals surface area contributed by atoms with Crippen LogP contribution in [0.2, 0.25) is 5.02 Å². The molecule has 3 atom stereocenters. The number of nitrogens with zero attached hydrogens (tertiary/aromatic N) is 4. The van der Waals surface area contributed by atoms with E-state index in [1.54, 1.807) is 18.3 Å². The third kappa shape index (κ3) is 5.52. The number of benzene rings is 2. The normalized spacial score (nSPS) is 19.2. The maximum absolute atomic E-state index is 10.5. The number of aryl methyl sites for hydroxylation is 1. The maximum atomic E-state index is 10.5. The van der Waals surface area contributed by atoms with Crippen molar-refractivity contribution >= 4 is 33.2 Å². The molecule has 1 saturated heterocycles. The molecule has 7 nitrogen and oxygen atoms in total. The van der Waals surface area contributed by atoms with Gasteiger partial charge in [0.2, 0.25) is 0 Å². The zero-order valence-corrected chi connectivity index (χ0v) is 21.6. The van der Waals surface area contributed by atoms with Crippen LogP contribution in [0, 0.1) is 6.92 Å². The third-order valence-electron chi connectivity index (χ3n) is 6.34. The van der Waals surface area contributed by atoms with Gasteiger partial charge in [-0.2, -0.15) is 0 Å². The van der Waals surface area contributed by atoms with Gasteiger partial charge in [-0.3, -0.25) is 9.80 Å². The largest absolute Gasteiger partial charge is 0.472 e. The molecule has 9 heteroatoms. The average molecular weight is 513 g/mol. The number of ether oxygens (including phenoxy) is 1. The summed E-state index contributed by atoms with van der Waals surface area (Å²) in [5, 5.41) is 16.5. The van der Waals surface area contributed by atoms with Crippen LogP contribution in [0.4, 0.5) is 0 Å². The van der Waals surface area contributed by atoms with Crippen molar-refractivity contribution in [3.05, 3.63) is 64.3 Å². The first-order valence-corrected chi connectivity index (χ1v) is 13.0. The van der Waals surface area contributed by atoms with Gasteiger partial charge in [0, 0.05) is 54.9 Å². The van der Waals surface area contributed by atoms with Gasteiger partial charge in [0.05, 0.1) is 20.9 Å². The molecule has 0 radical (unpaired) electrons. The molecule has 3 heterocycles. The van der Waals surface area contributed by atoms with E-state index in [9.17, 15) is 5.11 Å². The predicted molar refractivity (Wildman–Crippen MR) is 139 cm³/mol. The molecule has 35 heavy (non-hydrogen) atoms. The van der Waals surface area contributed by atoms with Gasteiger partial charge in [0.1, 0.15) is 11.9 Å². The molecule has 0 amide bonds. The van der Waals surface area contributed by atoms with Crippen LogP contribution in [0.5, 0.6) is 5.75 Å². The van der Waals surface area contributed by atoms with Crippen molar-refractivity contribution in [1.82, 2.24) is 19.9 Å². The highest BCUT2D eigenvalue weighted by Gasteiger charge is 2.32. The van der Waals surface area contributed by atoms with Gasteiger partial charge in [0.15, 0.2) is 12.0 Å². The molecule has 184 valence electrons. The van der Waals surface area contributed by atoms with Crippen molar-refractivity contribution in [2.45, 2.75) is 45.7 Å². The van der Waals surface area contributed by atoms with E-state index in [2.05, 4.69) is 26.9 Å².